The minimum Gasteiger partial charge on any atom is -0.418 e. The SMILES string of the molecule is CCCCCCCCCCCCCCCc1ccccc1O[C]=O. The van der Waals surface area contributed by atoms with Crippen LogP contribution in [0.25, 0.3) is 0 Å². The molecule has 0 amide bonds. The number of rotatable bonds is 16. The van der Waals surface area contributed by atoms with Gasteiger partial charge in [0.1, 0.15) is 5.75 Å². The van der Waals surface area contributed by atoms with Crippen molar-refractivity contribution in [2.75, 3.05) is 0 Å². The van der Waals surface area contributed by atoms with Crippen LogP contribution in [0.4, 0.5) is 0 Å². The van der Waals surface area contributed by atoms with E-state index in [-0.39, 0.29) is 0 Å². The first-order valence-corrected chi connectivity index (χ1v) is 10.0. The molecule has 0 atom stereocenters. The van der Waals surface area contributed by atoms with Crippen molar-refractivity contribution in [2.45, 2.75) is 96.8 Å². The summed E-state index contributed by atoms with van der Waals surface area (Å²) in [5.41, 5.74) is 1.11. The average Bonchev–Trinajstić information content (AvgIpc) is 2.60. The van der Waals surface area contributed by atoms with Crippen LogP contribution in [0.2, 0.25) is 0 Å². The first-order valence-electron chi connectivity index (χ1n) is 10.0. The first kappa shape index (κ1) is 20.7. The number of benzene rings is 1. The van der Waals surface area contributed by atoms with Crippen LogP contribution in [0.15, 0.2) is 24.3 Å². The molecular formula is C22H35O2. The summed E-state index contributed by atoms with van der Waals surface area (Å²) in [5.74, 6) is 0.659. The number of carbonyl (C=O) groups excluding carboxylic acids is 1. The Bertz CT molecular complexity index is 414. The van der Waals surface area contributed by atoms with Gasteiger partial charge in [0.05, 0.1) is 0 Å². The minimum atomic E-state index is 0.659. The van der Waals surface area contributed by atoms with E-state index in [0.717, 1.165) is 18.4 Å². The molecule has 1 rings (SSSR count). The molecular weight excluding hydrogens is 296 g/mol. The molecule has 0 aliphatic carbocycles. The second kappa shape index (κ2) is 15.2. The van der Waals surface area contributed by atoms with Crippen molar-refractivity contribution >= 4 is 6.47 Å². The monoisotopic (exact) mass is 331 g/mol. The lowest BCUT2D eigenvalue weighted by atomic mass is 10.0. The Kier molecular flexibility index (Phi) is 13.2. The van der Waals surface area contributed by atoms with Crippen molar-refractivity contribution in [3.63, 3.8) is 0 Å². The van der Waals surface area contributed by atoms with E-state index in [1.807, 2.05) is 24.3 Å². The van der Waals surface area contributed by atoms with Gasteiger partial charge in [-0.05, 0) is 24.5 Å². The molecule has 0 bridgehead atoms. The Morgan fingerprint density at radius 1 is 0.750 bits per heavy atom. The Morgan fingerprint density at radius 2 is 1.25 bits per heavy atom. The number of para-hydroxylation sites is 1. The molecule has 0 saturated heterocycles. The van der Waals surface area contributed by atoms with Gasteiger partial charge in [-0.2, -0.15) is 0 Å². The van der Waals surface area contributed by atoms with Gasteiger partial charge in [-0.1, -0.05) is 102 Å². The van der Waals surface area contributed by atoms with E-state index >= 15 is 0 Å². The Hall–Kier alpha value is -1.31. The third-order valence-corrected chi connectivity index (χ3v) is 4.67. The van der Waals surface area contributed by atoms with Gasteiger partial charge < -0.3 is 4.74 Å². The minimum absolute atomic E-state index is 0.659. The fourth-order valence-electron chi connectivity index (χ4n) is 3.19. The second-order valence-corrected chi connectivity index (χ2v) is 6.79. The second-order valence-electron chi connectivity index (χ2n) is 6.79. The zero-order valence-electron chi connectivity index (χ0n) is 15.5. The molecule has 0 aliphatic heterocycles. The molecule has 0 heterocycles. The van der Waals surface area contributed by atoms with Gasteiger partial charge in [-0.3, -0.25) is 0 Å². The van der Waals surface area contributed by atoms with Gasteiger partial charge in [-0.15, -0.1) is 0 Å². The summed E-state index contributed by atoms with van der Waals surface area (Å²) < 4.78 is 4.90. The van der Waals surface area contributed by atoms with E-state index in [2.05, 4.69) is 6.92 Å². The molecule has 0 saturated carbocycles. The lowest BCUT2D eigenvalue weighted by Gasteiger charge is -2.06. The molecule has 0 unspecified atom stereocenters. The highest BCUT2D eigenvalue weighted by Gasteiger charge is 2.02. The predicted molar refractivity (Wildman–Crippen MR) is 102 cm³/mol. The summed E-state index contributed by atoms with van der Waals surface area (Å²) in [6.45, 7) is 3.80. The highest BCUT2D eigenvalue weighted by Crippen LogP contribution is 2.20. The summed E-state index contributed by atoms with van der Waals surface area (Å²) in [6, 6.07) is 7.75. The zero-order valence-corrected chi connectivity index (χ0v) is 15.5. The summed E-state index contributed by atoms with van der Waals surface area (Å²) in [5, 5.41) is 0. The van der Waals surface area contributed by atoms with Gasteiger partial charge in [0.15, 0.2) is 0 Å². The third-order valence-electron chi connectivity index (χ3n) is 4.67. The maximum Gasteiger partial charge on any atom is 0.423 e. The van der Waals surface area contributed by atoms with Crippen LogP contribution < -0.4 is 4.74 Å². The van der Waals surface area contributed by atoms with Crippen LogP contribution in [0.1, 0.15) is 96.0 Å². The van der Waals surface area contributed by atoms with Crippen LogP contribution in [0, 0.1) is 0 Å². The van der Waals surface area contributed by atoms with E-state index in [4.69, 9.17) is 4.74 Å². The average molecular weight is 332 g/mol. The Morgan fingerprint density at radius 3 is 1.79 bits per heavy atom. The lowest BCUT2D eigenvalue weighted by Crippen LogP contribution is -1.95. The molecule has 2 heteroatoms. The van der Waals surface area contributed by atoms with Crippen molar-refractivity contribution in [3.8, 4) is 5.75 Å². The van der Waals surface area contributed by atoms with Crippen molar-refractivity contribution in [1.29, 1.82) is 0 Å². The van der Waals surface area contributed by atoms with E-state index < -0.39 is 0 Å². The van der Waals surface area contributed by atoms with E-state index in [9.17, 15) is 4.79 Å². The number of hydrogen-bond donors (Lipinski definition) is 0. The van der Waals surface area contributed by atoms with Gasteiger partial charge >= 0.3 is 6.47 Å². The molecule has 0 N–H and O–H groups in total. The molecule has 1 aromatic carbocycles. The fraction of sp³-hybridized carbons (Fsp3) is 0.682. The van der Waals surface area contributed by atoms with Crippen molar-refractivity contribution < 1.29 is 9.53 Å². The highest BCUT2D eigenvalue weighted by molar-refractivity contribution is 5.48. The standard InChI is InChI=1S/C22H35O2/c1-2-3-4-5-6-7-8-9-10-11-12-13-14-17-21-18-15-16-19-22(21)24-20-23/h15-16,18-19H,2-14,17H2,1H3. The highest BCUT2D eigenvalue weighted by atomic mass is 16.5. The van der Waals surface area contributed by atoms with Crippen LogP contribution >= 0.6 is 0 Å². The van der Waals surface area contributed by atoms with Crippen LogP contribution in [-0.2, 0) is 11.2 Å². The van der Waals surface area contributed by atoms with Crippen molar-refractivity contribution in [2.24, 2.45) is 0 Å². The zero-order chi connectivity index (χ0) is 17.3. The summed E-state index contributed by atoms with van der Waals surface area (Å²) in [6.07, 6.45) is 18.7. The number of hydrogen-bond acceptors (Lipinski definition) is 2. The Balaban J connectivity index is 1.91. The van der Waals surface area contributed by atoms with Gasteiger partial charge in [0, 0.05) is 0 Å². The maximum absolute atomic E-state index is 10.4. The van der Waals surface area contributed by atoms with E-state index in [1.165, 1.54) is 83.5 Å². The topological polar surface area (TPSA) is 26.3 Å². The summed E-state index contributed by atoms with van der Waals surface area (Å²) in [4.78, 5) is 10.4. The van der Waals surface area contributed by atoms with Gasteiger partial charge in [0.25, 0.3) is 0 Å². The number of aryl methyl sites for hydroxylation is 1. The van der Waals surface area contributed by atoms with Crippen LogP contribution in [0.5, 0.6) is 5.75 Å². The van der Waals surface area contributed by atoms with E-state index in [0.29, 0.717) is 5.75 Å². The predicted octanol–water partition coefficient (Wildman–Crippen LogP) is 6.77. The smallest absolute Gasteiger partial charge is 0.418 e. The third kappa shape index (κ3) is 10.5. The quantitative estimate of drug-likeness (QED) is 0.312. The molecule has 0 spiro atoms. The fourth-order valence-corrected chi connectivity index (χ4v) is 3.19. The van der Waals surface area contributed by atoms with Crippen molar-refractivity contribution in [1.82, 2.24) is 0 Å². The van der Waals surface area contributed by atoms with Crippen LogP contribution in [0.3, 0.4) is 0 Å². The molecule has 1 aromatic rings. The Labute approximate surface area is 149 Å². The molecule has 2 nitrogen and oxygen atoms in total. The first-order chi connectivity index (χ1) is 11.9. The molecule has 0 aliphatic rings. The molecule has 0 aromatic heterocycles. The van der Waals surface area contributed by atoms with Crippen LogP contribution in [-0.4, -0.2) is 6.47 Å². The van der Waals surface area contributed by atoms with Crippen molar-refractivity contribution in [3.05, 3.63) is 29.8 Å². The summed E-state index contributed by atoms with van der Waals surface area (Å²) in [7, 11) is 0. The maximum atomic E-state index is 10.4. The molecule has 1 radical (unpaired) electrons. The molecule has 135 valence electrons. The number of ether oxygens (including phenoxy) is 1. The lowest BCUT2D eigenvalue weighted by molar-refractivity contribution is 0.439. The normalized spacial score (nSPS) is 10.7. The van der Waals surface area contributed by atoms with E-state index in [1.54, 1.807) is 0 Å². The largest absolute Gasteiger partial charge is 0.423 e. The van der Waals surface area contributed by atoms with Gasteiger partial charge in [-0.25, -0.2) is 4.79 Å². The molecule has 0 fully saturated rings. The summed E-state index contributed by atoms with van der Waals surface area (Å²) >= 11 is 0. The molecule has 24 heavy (non-hydrogen) atoms. The number of unbranched alkanes of at least 4 members (excludes halogenated alkanes) is 12. The van der Waals surface area contributed by atoms with Gasteiger partial charge in [0.2, 0.25) is 0 Å².